The van der Waals surface area contributed by atoms with Crippen molar-refractivity contribution in [3.8, 4) is 0 Å². The van der Waals surface area contributed by atoms with Gasteiger partial charge in [0, 0.05) is 24.9 Å². The summed E-state index contributed by atoms with van der Waals surface area (Å²) in [6, 6.07) is 8.10. The van der Waals surface area contributed by atoms with Gasteiger partial charge in [0.25, 0.3) is 0 Å². The van der Waals surface area contributed by atoms with Gasteiger partial charge in [0.05, 0.1) is 6.26 Å². The van der Waals surface area contributed by atoms with E-state index in [1.165, 1.54) is 5.56 Å². The Hall–Kier alpha value is -1.61. The molecule has 1 unspecified atom stereocenters. The number of furan rings is 1. The lowest BCUT2D eigenvalue weighted by atomic mass is 9.90. The standard InChI is InChI=1S/C16H22N2O/c1-13(2)15(16-6-4-10-19-16)7-9-18-12-14-5-3-8-17-11-14/h3-6,8,10-11,13,15,18H,7,9,12H2,1-2H3. The summed E-state index contributed by atoms with van der Waals surface area (Å²) in [4.78, 5) is 4.11. The van der Waals surface area contributed by atoms with Crippen LogP contribution < -0.4 is 5.32 Å². The molecule has 3 nitrogen and oxygen atoms in total. The molecule has 19 heavy (non-hydrogen) atoms. The van der Waals surface area contributed by atoms with Crippen LogP contribution in [0.15, 0.2) is 47.3 Å². The molecule has 0 fully saturated rings. The van der Waals surface area contributed by atoms with Gasteiger partial charge in [-0.3, -0.25) is 4.98 Å². The molecule has 3 heteroatoms. The number of pyridine rings is 1. The first-order valence-corrected chi connectivity index (χ1v) is 6.90. The highest BCUT2D eigenvalue weighted by atomic mass is 16.3. The minimum atomic E-state index is 0.483. The van der Waals surface area contributed by atoms with Gasteiger partial charge in [-0.1, -0.05) is 19.9 Å². The molecule has 0 saturated heterocycles. The molecule has 2 rings (SSSR count). The molecule has 0 aliphatic heterocycles. The quantitative estimate of drug-likeness (QED) is 0.771. The van der Waals surface area contributed by atoms with E-state index >= 15 is 0 Å². The molecule has 1 N–H and O–H groups in total. The van der Waals surface area contributed by atoms with Crippen LogP contribution in [0.4, 0.5) is 0 Å². The van der Waals surface area contributed by atoms with Crippen LogP contribution in [0, 0.1) is 5.92 Å². The number of rotatable bonds is 7. The fourth-order valence-corrected chi connectivity index (χ4v) is 2.30. The summed E-state index contributed by atoms with van der Waals surface area (Å²) >= 11 is 0. The monoisotopic (exact) mass is 258 g/mol. The Morgan fingerprint density at radius 2 is 2.16 bits per heavy atom. The zero-order valence-electron chi connectivity index (χ0n) is 11.7. The first-order chi connectivity index (χ1) is 9.27. The summed E-state index contributed by atoms with van der Waals surface area (Å²) < 4.78 is 5.53. The zero-order valence-corrected chi connectivity index (χ0v) is 11.7. The van der Waals surface area contributed by atoms with Gasteiger partial charge in [-0.15, -0.1) is 0 Å². The van der Waals surface area contributed by atoms with Crippen molar-refractivity contribution in [1.82, 2.24) is 10.3 Å². The molecule has 0 bridgehead atoms. The molecular formula is C16H22N2O. The van der Waals surface area contributed by atoms with Gasteiger partial charge in [-0.25, -0.2) is 0 Å². The third kappa shape index (κ3) is 4.21. The van der Waals surface area contributed by atoms with Crippen molar-refractivity contribution in [2.75, 3.05) is 6.54 Å². The average Bonchev–Trinajstić information content (AvgIpc) is 2.93. The third-order valence-corrected chi connectivity index (χ3v) is 3.40. The van der Waals surface area contributed by atoms with Crippen molar-refractivity contribution in [3.05, 3.63) is 54.2 Å². The van der Waals surface area contributed by atoms with Crippen molar-refractivity contribution in [3.63, 3.8) is 0 Å². The van der Waals surface area contributed by atoms with Crippen molar-refractivity contribution in [2.45, 2.75) is 32.7 Å². The van der Waals surface area contributed by atoms with Gasteiger partial charge < -0.3 is 9.73 Å². The van der Waals surface area contributed by atoms with Gasteiger partial charge in [-0.2, -0.15) is 0 Å². The Bertz CT molecular complexity index is 451. The molecule has 2 aromatic rings. The Morgan fingerprint density at radius 1 is 1.26 bits per heavy atom. The lowest BCUT2D eigenvalue weighted by Gasteiger charge is -2.18. The van der Waals surface area contributed by atoms with Crippen molar-refractivity contribution < 1.29 is 4.42 Å². The summed E-state index contributed by atoms with van der Waals surface area (Å²) in [6.45, 7) is 6.35. The molecular weight excluding hydrogens is 236 g/mol. The van der Waals surface area contributed by atoms with Crippen LogP contribution in [0.25, 0.3) is 0 Å². The van der Waals surface area contributed by atoms with E-state index in [2.05, 4.69) is 36.3 Å². The molecule has 2 aromatic heterocycles. The van der Waals surface area contributed by atoms with Crippen LogP contribution in [-0.4, -0.2) is 11.5 Å². The lowest BCUT2D eigenvalue weighted by molar-refractivity contribution is 0.372. The fourth-order valence-electron chi connectivity index (χ4n) is 2.30. The minimum absolute atomic E-state index is 0.483. The SMILES string of the molecule is CC(C)C(CCNCc1cccnc1)c1ccco1. The highest BCUT2D eigenvalue weighted by molar-refractivity contribution is 5.08. The molecule has 0 radical (unpaired) electrons. The van der Waals surface area contributed by atoms with Crippen LogP contribution in [0.1, 0.15) is 37.5 Å². The molecule has 1 atom stereocenters. The number of hydrogen-bond donors (Lipinski definition) is 1. The van der Waals surface area contributed by atoms with Crippen LogP contribution in [-0.2, 0) is 6.54 Å². The van der Waals surface area contributed by atoms with Crippen LogP contribution in [0.5, 0.6) is 0 Å². The Labute approximate surface area is 115 Å². The van der Waals surface area contributed by atoms with Crippen LogP contribution >= 0.6 is 0 Å². The average molecular weight is 258 g/mol. The van der Waals surface area contributed by atoms with Gasteiger partial charge >= 0.3 is 0 Å². The molecule has 0 saturated carbocycles. The number of nitrogens with zero attached hydrogens (tertiary/aromatic N) is 1. The number of aromatic nitrogens is 1. The molecule has 0 spiro atoms. The number of nitrogens with one attached hydrogen (secondary N) is 1. The minimum Gasteiger partial charge on any atom is -0.469 e. The molecule has 102 valence electrons. The maximum atomic E-state index is 5.53. The predicted octanol–water partition coefficient (Wildman–Crippen LogP) is 3.59. The molecule has 0 aliphatic carbocycles. The van der Waals surface area contributed by atoms with E-state index in [9.17, 15) is 0 Å². The maximum absolute atomic E-state index is 5.53. The second-order valence-electron chi connectivity index (χ2n) is 5.19. The smallest absolute Gasteiger partial charge is 0.107 e. The number of hydrogen-bond acceptors (Lipinski definition) is 3. The maximum Gasteiger partial charge on any atom is 0.107 e. The third-order valence-electron chi connectivity index (χ3n) is 3.40. The zero-order chi connectivity index (χ0) is 13.5. The van der Waals surface area contributed by atoms with Crippen molar-refractivity contribution >= 4 is 0 Å². The first-order valence-electron chi connectivity index (χ1n) is 6.90. The van der Waals surface area contributed by atoms with Crippen LogP contribution in [0.2, 0.25) is 0 Å². The van der Waals surface area contributed by atoms with E-state index in [0.29, 0.717) is 11.8 Å². The largest absolute Gasteiger partial charge is 0.469 e. The summed E-state index contributed by atoms with van der Waals surface area (Å²) in [5.41, 5.74) is 1.22. The van der Waals surface area contributed by atoms with Crippen molar-refractivity contribution in [1.29, 1.82) is 0 Å². The Kier molecular flexibility index (Phi) is 5.16. The fraction of sp³-hybridized carbons (Fsp3) is 0.438. The van der Waals surface area contributed by atoms with E-state index in [1.807, 2.05) is 18.3 Å². The topological polar surface area (TPSA) is 38.1 Å². The Morgan fingerprint density at radius 3 is 2.79 bits per heavy atom. The summed E-state index contributed by atoms with van der Waals surface area (Å²) in [6.07, 6.45) is 6.55. The highest BCUT2D eigenvalue weighted by Gasteiger charge is 2.17. The van der Waals surface area contributed by atoms with Crippen LogP contribution in [0.3, 0.4) is 0 Å². The Balaban J connectivity index is 1.77. The van der Waals surface area contributed by atoms with E-state index < -0.39 is 0 Å². The summed E-state index contributed by atoms with van der Waals surface area (Å²) in [5.74, 6) is 2.17. The second kappa shape index (κ2) is 7.10. The predicted molar refractivity (Wildman–Crippen MR) is 76.8 cm³/mol. The van der Waals surface area contributed by atoms with E-state index in [4.69, 9.17) is 4.42 Å². The molecule has 2 heterocycles. The van der Waals surface area contributed by atoms with Gasteiger partial charge in [0.1, 0.15) is 5.76 Å². The van der Waals surface area contributed by atoms with Gasteiger partial charge in [-0.05, 0) is 42.6 Å². The summed E-state index contributed by atoms with van der Waals surface area (Å²) in [7, 11) is 0. The van der Waals surface area contributed by atoms with E-state index in [1.54, 1.807) is 12.5 Å². The molecule has 0 amide bonds. The first kappa shape index (κ1) is 13.8. The van der Waals surface area contributed by atoms with Crippen molar-refractivity contribution in [2.24, 2.45) is 5.92 Å². The summed E-state index contributed by atoms with van der Waals surface area (Å²) in [5, 5.41) is 3.47. The van der Waals surface area contributed by atoms with E-state index in [-0.39, 0.29) is 0 Å². The normalized spacial score (nSPS) is 12.8. The van der Waals surface area contributed by atoms with Gasteiger partial charge in [0.2, 0.25) is 0 Å². The lowest BCUT2D eigenvalue weighted by Crippen LogP contribution is -2.19. The highest BCUT2D eigenvalue weighted by Crippen LogP contribution is 2.27. The molecule has 0 aromatic carbocycles. The molecule has 0 aliphatic rings. The van der Waals surface area contributed by atoms with E-state index in [0.717, 1.165) is 25.3 Å². The van der Waals surface area contributed by atoms with Gasteiger partial charge in [0.15, 0.2) is 0 Å². The second-order valence-corrected chi connectivity index (χ2v) is 5.19.